The molecule has 2 fully saturated rings. The maximum Gasteiger partial charge on any atom is 0.510 e. The largest absolute Gasteiger partial charge is 0.510 e. The van der Waals surface area contributed by atoms with Crippen LogP contribution in [-0.4, -0.2) is 175 Å². The second-order valence-corrected chi connectivity index (χ2v) is 22.2. The maximum atomic E-state index is 16.2. The van der Waals surface area contributed by atoms with Gasteiger partial charge in [-0.15, -0.1) is 0 Å². The number of aryl methyl sites for hydroxylation is 2. The fourth-order valence-corrected chi connectivity index (χ4v) is 9.13. The zero-order valence-corrected chi connectivity index (χ0v) is 48.1. The Morgan fingerprint density at radius 2 is 1.02 bits per heavy atom. The Hall–Kier alpha value is -6.41. The van der Waals surface area contributed by atoms with Crippen LogP contribution in [0.3, 0.4) is 0 Å². The quantitative estimate of drug-likeness (QED) is 0.0352. The van der Waals surface area contributed by atoms with Crippen LogP contribution in [-0.2, 0) is 89.2 Å². The monoisotopic (exact) mass is 1210 g/mol. The van der Waals surface area contributed by atoms with E-state index in [1.54, 1.807) is 75.3 Å². The molecule has 0 spiro atoms. The molecule has 6 rings (SSSR count). The van der Waals surface area contributed by atoms with E-state index in [-0.39, 0.29) is 17.0 Å². The molecule has 0 radical (unpaired) electrons. The minimum atomic E-state index is -4.78. The highest BCUT2D eigenvalue weighted by molar-refractivity contribution is 7.48. The number of carbonyl (C=O) groups is 4. The number of carbonyl (C=O) groups excluding carboxylic acids is 4. The predicted octanol–water partition coefficient (Wildman–Crippen LogP) is 5.99. The van der Waals surface area contributed by atoms with Gasteiger partial charge in [0.2, 0.25) is 32.8 Å². The number of ether oxygens (including phenoxy) is 10. The standard InChI is InChI=1S/C23H31FN5O12P.C22H32FN4O12P/c1-13(2)39-20(31)34-11-37-42(33,38-12-35-21(32)40-14(3)4)36-8-16-18(30)22(6,24)23(9-25,41-16)17-7-26-19-15(5)27-10-28-29(17)19;1-12(2)37-20(29)32-10-35-40(31,36-11-33-21(30)38-13(3)4)34-8-16-17(28)22(6,23)18(39-16)15-7-24-19-14(5)25-9-26-27(15)19/h7,10,13-14,16,18,30H,8,11-12H2,1-6H3;7,9,12-13,16-18,28H,8,10-11H2,1-6H3/t16-,18-,22-,23+;16-,17-,18+,22-/m11/s1. The van der Waals surface area contributed by atoms with Crippen molar-refractivity contribution in [2.45, 2.75) is 155 Å². The summed E-state index contributed by atoms with van der Waals surface area (Å²) >= 11 is 0. The number of aliphatic hydroxyl groups excluding tert-OH is 2. The highest BCUT2D eigenvalue weighted by Gasteiger charge is 2.67. The summed E-state index contributed by atoms with van der Waals surface area (Å²) in [4.78, 5) is 62.8. The summed E-state index contributed by atoms with van der Waals surface area (Å²) in [6, 6.07) is 1.76. The molecule has 37 heteroatoms. The van der Waals surface area contributed by atoms with Crippen molar-refractivity contribution in [1.82, 2.24) is 39.2 Å². The Labute approximate surface area is 466 Å². The predicted molar refractivity (Wildman–Crippen MR) is 264 cm³/mol. The van der Waals surface area contributed by atoms with Crippen LogP contribution in [0.2, 0.25) is 0 Å². The molecule has 6 heterocycles. The molecular formula is C45H63F2N9O24P2. The third-order valence-corrected chi connectivity index (χ3v) is 13.7. The lowest BCUT2D eigenvalue weighted by atomic mass is 9.82. The van der Waals surface area contributed by atoms with Gasteiger partial charge in [0.05, 0.1) is 67.1 Å². The molecule has 82 heavy (non-hydrogen) atoms. The lowest BCUT2D eigenvalue weighted by Gasteiger charge is -2.30. The Bertz CT molecular complexity index is 2920. The topological polar surface area (TPSA) is 401 Å². The lowest BCUT2D eigenvalue weighted by molar-refractivity contribution is -0.0792. The maximum absolute atomic E-state index is 16.2. The number of halogens is 2. The van der Waals surface area contributed by atoms with E-state index in [2.05, 4.69) is 49.1 Å². The number of hydrogen-bond donors (Lipinski definition) is 2. The summed E-state index contributed by atoms with van der Waals surface area (Å²) in [7, 11) is -9.44. The van der Waals surface area contributed by atoms with Crippen LogP contribution in [0.25, 0.3) is 11.3 Å². The van der Waals surface area contributed by atoms with Gasteiger partial charge in [-0.3, -0.25) is 9.05 Å². The number of alkyl halides is 2. The first-order chi connectivity index (χ1) is 38.4. The number of fused-ring (bicyclic) bond motifs is 2. The highest BCUT2D eigenvalue weighted by Crippen LogP contribution is 2.54. The SMILES string of the molecule is Cc1ncnn2c([C@@H]3O[C@H](COP(=O)(OCOC(=O)OC(C)C)OCOC(=O)OC(C)C)[C@@H](O)[C@@]3(C)F)cnc12.Cc1ncnn2c([C@]3(C#N)O[C@H](COP(=O)(OCOC(=O)OC(C)C)OCOC(=O)OC(C)C)[C@@H](O)[C@@]3(C)F)cnc12. The van der Waals surface area contributed by atoms with Gasteiger partial charge in [-0.1, -0.05) is 0 Å². The molecule has 0 aromatic carbocycles. The molecule has 4 aromatic rings. The smallest absolute Gasteiger partial charge is 0.432 e. The van der Waals surface area contributed by atoms with Crippen LogP contribution < -0.4 is 0 Å². The minimum absolute atomic E-state index is 0.151. The average molecular weight is 1210 g/mol. The Kier molecular flexibility index (Phi) is 22.9. The number of imidazole rings is 2. The molecule has 0 aliphatic carbocycles. The molecule has 2 saturated heterocycles. The fraction of sp³-hybridized carbons (Fsp3) is 0.667. The molecule has 456 valence electrons. The second-order valence-electron chi connectivity index (χ2n) is 18.8. The van der Waals surface area contributed by atoms with Crippen molar-refractivity contribution >= 4 is 51.6 Å². The number of aromatic nitrogens is 8. The van der Waals surface area contributed by atoms with Gasteiger partial charge in [0.15, 0.2) is 22.6 Å². The molecule has 0 bridgehead atoms. The van der Waals surface area contributed by atoms with E-state index in [4.69, 9.17) is 55.6 Å². The third kappa shape index (κ3) is 16.7. The summed E-state index contributed by atoms with van der Waals surface area (Å²) in [5.41, 5.74) is -6.00. The lowest BCUT2D eigenvalue weighted by Crippen LogP contribution is -2.48. The molecule has 2 N–H and O–H groups in total. The number of nitrogens with zero attached hydrogens (tertiary/aromatic N) is 9. The zero-order chi connectivity index (χ0) is 61.0. The Morgan fingerprint density at radius 3 is 1.44 bits per heavy atom. The zero-order valence-electron chi connectivity index (χ0n) is 46.3. The number of phosphoric acid groups is 2. The van der Waals surface area contributed by atoms with Crippen LogP contribution in [0.15, 0.2) is 25.0 Å². The third-order valence-electron chi connectivity index (χ3n) is 11.1. The van der Waals surface area contributed by atoms with E-state index in [0.717, 1.165) is 24.6 Å². The molecular weight excluding hydrogens is 1150 g/mol. The minimum Gasteiger partial charge on any atom is -0.432 e. The van der Waals surface area contributed by atoms with Gasteiger partial charge in [0, 0.05) is 0 Å². The highest BCUT2D eigenvalue weighted by atomic mass is 31.2. The first-order valence-corrected chi connectivity index (χ1v) is 27.5. The summed E-state index contributed by atoms with van der Waals surface area (Å²) in [5, 5.41) is 39.7. The Morgan fingerprint density at radius 1 is 0.634 bits per heavy atom. The van der Waals surface area contributed by atoms with E-state index in [1.807, 2.05) is 0 Å². The average Bonchev–Trinajstić information content (AvgIpc) is 2.22. The summed E-state index contributed by atoms with van der Waals surface area (Å²) in [6.07, 6.45) is -9.88. The van der Waals surface area contributed by atoms with Crippen molar-refractivity contribution in [2.75, 3.05) is 40.4 Å². The van der Waals surface area contributed by atoms with Crippen molar-refractivity contribution in [1.29, 1.82) is 5.26 Å². The van der Waals surface area contributed by atoms with Gasteiger partial charge >= 0.3 is 40.3 Å². The van der Waals surface area contributed by atoms with Crippen molar-refractivity contribution in [3.05, 3.63) is 47.8 Å². The van der Waals surface area contributed by atoms with Crippen molar-refractivity contribution in [3.8, 4) is 6.07 Å². The molecule has 2 aliphatic heterocycles. The molecule has 0 amide bonds. The molecule has 8 atom stereocenters. The van der Waals surface area contributed by atoms with E-state index in [1.165, 1.54) is 23.4 Å². The Balaban J connectivity index is 0.000000301. The van der Waals surface area contributed by atoms with Gasteiger partial charge in [-0.2, -0.15) is 15.5 Å². The van der Waals surface area contributed by atoms with Crippen molar-refractivity contribution in [3.63, 3.8) is 0 Å². The van der Waals surface area contributed by atoms with E-state index >= 15 is 8.78 Å². The summed E-state index contributed by atoms with van der Waals surface area (Å²) in [6.45, 7) is 12.4. The first-order valence-electron chi connectivity index (χ1n) is 24.6. The van der Waals surface area contributed by atoms with Gasteiger partial charge < -0.3 is 57.6 Å². The number of nitriles is 1. The van der Waals surface area contributed by atoms with Crippen LogP contribution in [0.4, 0.5) is 28.0 Å². The number of phosphoric ester groups is 2. The second kappa shape index (κ2) is 28.2. The van der Waals surface area contributed by atoms with E-state index < -0.39 is 153 Å². The fourth-order valence-electron chi connectivity index (χ4n) is 7.30. The van der Waals surface area contributed by atoms with E-state index in [0.29, 0.717) is 17.0 Å². The summed E-state index contributed by atoms with van der Waals surface area (Å²) in [5.74, 6) is 0. The van der Waals surface area contributed by atoms with Gasteiger partial charge in [0.1, 0.15) is 54.9 Å². The van der Waals surface area contributed by atoms with E-state index in [9.17, 15) is 43.8 Å². The first kappa shape index (κ1) is 66.4. The van der Waals surface area contributed by atoms with Crippen molar-refractivity contribution < 1.29 is 122 Å². The van der Waals surface area contributed by atoms with Crippen LogP contribution >= 0.6 is 15.6 Å². The molecule has 0 unspecified atom stereocenters. The summed E-state index contributed by atoms with van der Waals surface area (Å²) < 4.78 is 140. The number of rotatable bonds is 24. The number of hydrogen-bond acceptors (Lipinski definition) is 31. The van der Waals surface area contributed by atoms with Crippen molar-refractivity contribution in [2.24, 2.45) is 0 Å². The van der Waals surface area contributed by atoms with Gasteiger partial charge in [-0.25, -0.2) is 84.2 Å². The molecule has 0 saturated carbocycles. The van der Waals surface area contributed by atoms with Gasteiger partial charge in [0.25, 0.3) is 0 Å². The normalized spacial score (nSPS) is 23.6. The van der Waals surface area contributed by atoms with Gasteiger partial charge in [-0.05, 0) is 83.1 Å². The molecule has 33 nitrogen and oxygen atoms in total. The number of aliphatic hydroxyl groups is 2. The molecule has 2 aliphatic rings. The van der Waals surface area contributed by atoms with Crippen LogP contribution in [0.1, 0.15) is 98.1 Å². The molecule has 4 aromatic heterocycles. The van der Waals surface area contributed by atoms with Crippen LogP contribution in [0.5, 0.6) is 0 Å². The van der Waals surface area contributed by atoms with Crippen LogP contribution in [0, 0.1) is 25.2 Å².